The minimum absolute atomic E-state index is 0.0421. The van der Waals surface area contributed by atoms with Crippen molar-refractivity contribution in [3.8, 4) is 0 Å². The van der Waals surface area contributed by atoms with Crippen LogP contribution in [0.25, 0.3) is 0 Å². The Bertz CT molecular complexity index is 581. The van der Waals surface area contributed by atoms with Crippen molar-refractivity contribution in [2.45, 2.75) is 12.8 Å². The highest BCUT2D eigenvalue weighted by molar-refractivity contribution is 7.85. The standard InChI is InChI=1S/C14H18ClFN2O3S/c1-18(2)14(20)4-3-7-22(21)9-13(19)17-12-6-5-10(16)8-11(12)15/h5-6,8H,3-4,7,9H2,1-2H3,(H,17,19)/t22-/m1/s1. The minimum atomic E-state index is -1.36. The molecule has 0 aliphatic rings. The molecule has 1 rings (SSSR count). The first-order chi connectivity index (χ1) is 10.3. The van der Waals surface area contributed by atoms with E-state index in [0.717, 1.165) is 6.07 Å². The average Bonchev–Trinajstić information content (AvgIpc) is 2.41. The van der Waals surface area contributed by atoms with Gasteiger partial charge in [0.15, 0.2) is 0 Å². The van der Waals surface area contributed by atoms with Gasteiger partial charge in [0.2, 0.25) is 11.8 Å². The van der Waals surface area contributed by atoms with E-state index in [4.69, 9.17) is 11.6 Å². The first kappa shape index (κ1) is 18.6. The number of hydrogen-bond donors (Lipinski definition) is 1. The van der Waals surface area contributed by atoms with Crippen molar-refractivity contribution in [3.05, 3.63) is 29.0 Å². The van der Waals surface area contributed by atoms with Crippen molar-refractivity contribution in [2.75, 3.05) is 30.9 Å². The fourth-order valence-corrected chi connectivity index (χ4v) is 2.79. The molecule has 0 heterocycles. The van der Waals surface area contributed by atoms with Gasteiger partial charge in [-0.2, -0.15) is 0 Å². The van der Waals surface area contributed by atoms with Crippen LogP contribution in [-0.4, -0.2) is 46.5 Å². The molecule has 122 valence electrons. The smallest absolute Gasteiger partial charge is 0.237 e. The van der Waals surface area contributed by atoms with Gasteiger partial charge in [-0.15, -0.1) is 0 Å². The van der Waals surface area contributed by atoms with Gasteiger partial charge in [0, 0.05) is 37.1 Å². The third-order valence-corrected chi connectivity index (χ3v) is 4.40. The molecule has 0 aliphatic carbocycles. The molecule has 1 N–H and O–H groups in total. The van der Waals surface area contributed by atoms with Crippen molar-refractivity contribution < 1.29 is 18.2 Å². The molecule has 22 heavy (non-hydrogen) atoms. The van der Waals surface area contributed by atoms with Crippen molar-refractivity contribution in [1.82, 2.24) is 4.90 Å². The van der Waals surface area contributed by atoms with Crippen LogP contribution in [0.4, 0.5) is 10.1 Å². The maximum Gasteiger partial charge on any atom is 0.237 e. The molecule has 0 bridgehead atoms. The van der Waals surface area contributed by atoms with E-state index in [-0.39, 0.29) is 28.1 Å². The molecule has 1 aromatic rings. The van der Waals surface area contributed by atoms with Gasteiger partial charge >= 0.3 is 0 Å². The number of anilines is 1. The van der Waals surface area contributed by atoms with Crippen LogP contribution in [0.15, 0.2) is 18.2 Å². The lowest BCUT2D eigenvalue weighted by molar-refractivity contribution is -0.128. The van der Waals surface area contributed by atoms with E-state index in [1.165, 1.54) is 17.0 Å². The van der Waals surface area contributed by atoms with Gasteiger partial charge in [-0.1, -0.05) is 11.6 Å². The third-order valence-electron chi connectivity index (χ3n) is 2.76. The number of nitrogens with one attached hydrogen (secondary N) is 1. The topological polar surface area (TPSA) is 66.5 Å². The van der Waals surface area contributed by atoms with Gasteiger partial charge in [0.05, 0.1) is 10.7 Å². The first-order valence-electron chi connectivity index (χ1n) is 6.59. The normalized spacial score (nSPS) is 11.8. The molecule has 0 aromatic heterocycles. The summed E-state index contributed by atoms with van der Waals surface area (Å²) in [7, 11) is 1.94. The molecular formula is C14H18ClFN2O3S. The molecule has 0 unspecified atom stereocenters. The Labute approximate surface area is 136 Å². The Hall–Kier alpha value is -1.47. The summed E-state index contributed by atoms with van der Waals surface area (Å²) in [5.41, 5.74) is 0.271. The van der Waals surface area contributed by atoms with Gasteiger partial charge in [0.1, 0.15) is 11.6 Å². The summed E-state index contributed by atoms with van der Waals surface area (Å²) in [5, 5.41) is 2.56. The monoisotopic (exact) mass is 348 g/mol. The Kier molecular flexibility index (Phi) is 7.47. The molecule has 0 fully saturated rings. The number of halogens is 2. The second kappa shape index (κ2) is 8.85. The Morgan fingerprint density at radius 1 is 1.36 bits per heavy atom. The lowest BCUT2D eigenvalue weighted by Crippen LogP contribution is -2.23. The molecule has 0 radical (unpaired) electrons. The number of nitrogens with zero attached hydrogens (tertiary/aromatic N) is 1. The average molecular weight is 349 g/mol. The van der Waals surface area contributed by atoms with Crippen LogP contribution in [0.3, 0.4) is 0 Å². The molecule has 8 heteroatoms. The van der Waals surface area contributed by atoms with Crippen LogP contribution < -0.4 is 5.32 Å². The summed E-state index contributed by atoms with van der Waals surface area (Å²) in [6, 6.07) is 3.60. The molecule has 0 aliphatic heterocycles. The third kappa shape index (κ3) is 6.53. The zero-order chi connectivity index (χ0) is 16.7. The number of carbonyl (C=O) groups excluding carboxylic acids is 2. The number of hydrogen-bond acceptors (Lipinski definition) is 3. The predicted octanol–water partition coefficient (Wildman–Crippen LogP) is 2.03. The van der Waals surface area contributed by atoms with Crippen molar-refractivity contribution in [3.63, 3.8) is 0 Å². The SMILES string of the molecule is CN(C)C(=O)CCC[S@@](=O)CC(=O)Nc1ccc(F)cc1Cl. The second-order valence-electron chi connectivity index (χ2n) is 4.85. The minimum Gasteiger partial charge on any atom is -0.349 e. The van der Waals surface area contributed by atoms with E-state index >= 15 is 0 Å². The fourth-order valence-electron chi connectivity index (χ4n) is 1.60. The van der Waals surface area contributed by atoms with E-state index in [1.807, 2.05) is 0 Å². The number of benzene rings is 1. The molecule has 1 atom stereocenters. The van der Waals surface area contributed by atoms with Crippen LogP contribution in [0.1, 0.15) is 12.8 Å². The van der Waals surface area contributed by atoms with Crippen LogP contribution in [0.2, 0.25) is 5.02 Å². The molecule has 0 saturated carbocycles. The fraction of sp³-hybridized carbons (Fsp3) is 0.429. The van der Waals surface area contributed by atoms with E-state index < -0.39 is 22.5 Å². The van der Waals surface area contributed by atoms with Crippen LogP contribution >= 0.6 is 11.6 Å². The summed E-state index contributed by atoms with van der Waals surface area (Å²) in [6.07, 6.45) is 0.748. The van der Waals surface area contributed by atoms with Gasteiger partial charge in [-0.25, -0.2) is 4.39 Å². The van der Waals surface area contributed by atoms with Gasteiger partial charge in [-0.3, -0.25) is 13.8 Å². The van der Waals surface area contributed by atoms with E-state index in [9.17, 15) is 18.2 Å². The highest BCUT2D eigenvalue weighted by Gasteiger charge is 2.12. The maximum atomic E-state index is 12.9. The Morgan fingerprint density at radius 2 is 2.05 bits per heavy atom. The molecule has 0 spiro atoms. The van der Waals surface area contributed by atoms with Crippen LogP contribution in [-0.2, 0) is 20.4 Å². The van der Waals surface area contributed by atoms with Crippen LogP contribution in [0, 0.1) is 5.82 Å². The van der Waals surface area contributed by atoms with Crippen molar-refractivity contribution in [1.29, 1.82) is 0 Å². The van der Waals surface area contributed by atoms with Crippen LogP contribution in [0.5, 0.6) is 0 Å². The van der Waals surface area contributed by atoms with E-state index in [1.54, 1.807) is 14.1 Å². The number of amides is 2. The summed E-state index contributed by atoms with van der Waals surface area (Å²) in [6.45, 7) is 0. The molecule has 2 amide bonds. The molecule has 1 aromatic carbocycles. The summed E-state index contributed by atoms with van der Waals surface area (Å²) >= 11 is 5.79. The summed E-state index contributed by atoms with van der Waals surface area (Å²) < 4.78 is 24.6. The zero-order valence-corrected chi connectivity index (χ0v) is 14.0. The van der Waals surface area contributed by atoms with Crippen molar-refractivity contribution >= 4 is 39.9 Å². The predicted molar refractivity (Wildman–Crippen MR) is 85.8 cm³/mol. The second-order valence-corrected chi connectivity index (χ2v) is 6.84. The zero-order valence-electron chi connectivity index (χ0n) is 12.4. The first-order valence-corrected chi connectivity index (χ1v) is 8.46. The highest BCUT2D eigenvalue weighted by Crippen LogP contribution is 2.22. The largest absolute Gasteiger partial charge is 0.349 e. The maximum absolute atomic E-state index is 12.9. The number of rotatable bonds is 7. The van der Waals surface area contributed by atoms with Gasteiger partial charge in [-0.05, 0) is 24.6 Å². The summed E-state index contributed by atoms with van der Waals surface area (Å²) in [5.74, 6) is -0.934. The van der Waals surface area contributed by atoms with E-state index in [2.05, 4.69) is 5.32 Å². The highest BCUT2D eigenvalue weighted by atomic mass is 35.5. The molecular weight excluding hydrogens is 331 g/mol. The lowest BCUT2D eigenvalue weighted by Gasteiger charge is -2.10. The number of carbonyl (C=O) groups is 2. The van der Waals surface area contributed by atoms with Gasteiger partial charge < -0.3 is 10.2 Å². The Morgan fingerprint density at radius 3 is 2.64 bits per heavy atom. The quantitative estimate of drug-likeness (QED) is 0.820. The molecule has 5 nitrogen and oxygen atoms in total. The van der Waals surface area contributed by atoms with E-state index in [0.29, 0.717) is 12.8 Å². The molecule has 0 saturated heterocycles. The van der Waals surface area contributed by atoms with Gasteiger partial charge in [0.25, 0.3) is 0 Å². The van der Waals surface area contributed by atoms with Crippen molar-refractivity contribution in [2.24, 2.45) is 0 Å². The Balaban J connectivity index is 2.38. The lowest BCUT2D eigenvalue weighted by atomic mass is 10.3. The summed E-state index contributed by atoms with van der Waals surface area (Å²) in [4.78, 5) is 24.6.